The van der Waals surface area contributed by atoms with Gasteiger partial charge in [0, 0.05) is 68.8 Å². The zero-order valence-electron chi connectivity index (χ0n) is 22.3. The molecule has 6 rings (SSSR count). The SMILES string of the molecule is Cc1nc(-c2cccc(C(=O)CC3CCC(CCN4CCN(c5nccc6c5OCC6)CC4)CC3)c2)no1. The minimum atomic E-state index is 0.220. The van der Waals surface area contributed by atoms with Crippen LogP contribution in [0, 0.1) is 18.8 Å². The minimum absolute atomic E-state index is 0.220. The number of carbonyl (C=O) groups excluding carboxylic acids is 1. The first-order valence-corrected chi connectivity index (χ1v) is 14.1. The summed E-state index contributed by atoms with van der Waals surface area (Å²) in [7, 11) is 0. The highest BCUT2D eigenvalue weighted by Crippen LogP contribution is 2.36. The van der Waals surface area contributed by atoms with Gasteiger partial charge in [-0.3, -0.25) is 9.69 Å². The molecule has 8 nitrogen and oxygen atoms in total. The maximum atomic E-state index is 13.0. The lowest BCUT2D eigenvalue weighted by Crippen LogP contribution is -2.47. The van der Waals surface area contributed by atoms with Crippen molar-refractivity contribution in [1.82, 2.24) is 20.0 Å². The van der Waals surface area contributed by atoms with E-state index in [1.165, 1.54) is 31.4 Å². The third-order valence-corrected chi connectivity index (χ3v) is 8.52. The second kappa shape index (κ2) is 11.2. The molecule has 8 heteroatoms. The largest absolute Gasteiger partial charge is 0.489 e. The molecular weight excluding hydrogens is 478 g/mol. The van der Waals surface area contributed by atoms with E-state index in [1.807, 2.05) is 30.5 Å². The van der Waals surface area contributed by atoms with E-state index in [0.29, 0.717) is 24.1 Å². The molecule has 2 aliphatic heterocycles. The maximum Gasteiger partial charge on any atom is 0.223 e. The van der Waals surface area contributed by atoms with Gasteiger partial charge in [-0.1, -0.05) is 36.2 Å². The second-order valence-corrected chi connectivity index (χ2v) is 11.1. The molecule has 0 bridgehead atoms. The zero-order chi connectivity index (χ0) is 25.9. The predicted octanol–water partition coefficient (Wildman–Crippen LogP) is 4.97. The fraction of sp³-hybridized carbons (Fsp3) is 0.533. The molecule has 0 N–H and O–H groups in total. The number of carbonyl (C=O) groups is 1. The molecular formula is C30H37N5O3. The van der Waals surface area contributed by atoms with Crippen molar-refractivity contribution in [2.75, 3.05) is 44.2 Å². The second-order valence-electron chi connectivity index (χ2n) is 11.1. The molecule has 200 valence electrons. The van der Waals surface area contributed by atoms with Crippen LogP contribution < -0.4 is 9.64 Å². The number of ether oxygens (including phenoxy) is 1. The Morgan fingerprint density at radius 1 is 1.05 bits per heavy atom. The van der Waals surface area contributed by atoms with Crippen LogP contribution in [0.25, 0.3) is 11.4 Å². The molecule has 1 aromatic carbocycles. The van der Waals surface area contributed by atoms with Gasteiger partial charge in [-0.15, -0.1) is 0 Å². The normalized spacial score (nSPS) is 21.8. The van der Waals surface area contributed by atoms with Crippen molar-refractivity contribution >= 4 is 11.6 Å². The molecule has 2 aromatic heterocycles. The van der Waals surface area contributed by atoms with Crippen molar-refractivity contribution in [3.63, 3.8) is 0 Å². The first-order chi connectivity index (χ1) is 18.6. The molecule has 0 amide bonds. The smallest absolute Gasteiger partial charge is 0.223 e. The summed E-state index contributed by atoms with van der Waals surface area (Å²) in [6, 6.07) is 9.71. The van der Waals surface area contributed by atoms with Gasteiger partial charge < -0.3 is 14.2 Å². The van der Waals surface area contributed by atoms with Gasteiger partial charge in [0.25, 0.3) is 0 Å². The van der Waals surface area contributed by atoms with Crippen molar-refractivity contribution in [3.05, 3.63) is 53.5 Å². The highest BCUT2D eigenvalue weighted by molar-refractivity contribution is 5.97. The van der Waals surface area contributed by atoms with Gasteiger partial charge in [-0.05, 0) is 49.8 Å². The Morgan fingerprint density at radius 2 is 1.87 bits per heavy atom. The highest BCUT2D eigenvalue weighted by atomic mass is 16.5. The Bertz CT molecular complexity index is 1260. The molecule has 1 saturated carbocycles. The number of pyridine rings is 1. The summed E-state index contributed by atoms with van der Waals surface area (Å²) in [6.07, 6.45) is 9.58. The molecule has 0 unspecified atom stereocenters. The zero-order valence-corrected chi connectivity index (χ0v) is 22.3. The first-order valence-electron chi connectivity index (χ1n) is 14.1. The molecule has 38 heavy (non-hydrogen) atoms. The molecule has 3 aromatic rings. The standard InChI is InChI=1S/C30H37N5O3/c1-21-32-29(33-38-21)26-4-2-3-25(20-26)27(36)19-23-7-5-22(6-8-23)10-13-34-14-16-35(17-15-34)30-28-24(9-12-31-30)11-18-37-28/h2-4,9,12,20,22-23H,5-8,10-11,13-19H2,1H3. The molecule has 1 aliphatic carbocycles. The Morgan fingerprint density at radius 3 is 2.66 bits per heavy atom. The van der Waals surface area contributed by atoms with Gasteiger partial charge in [0.2, 0.25) is 11.7 Å². The fourth-order valence-corrected chi connectivity index (χ4v) is 6.22. The van der Waals surface area contributed by atoms with E-state index in [0.717, 1.165) is 80.7 Å². The summed E-state index contributed by atoms with van der Waals surface area (Å²) in [5.41, 5.74) is 2.87. The summed E-state index contributed by atoms with van der Waals surface area (Å²) in [6.45, 7) is 7.89. The number of rotatable bonds is 8. The summed E-state index contributed by atoms with van der Waals surface area (Å²) in [5.74, 6) is 4.58. The Kier molecular flexibility index (Phi) is 7.40. The molecule has 0 spiro atoms. The third kappa shape index (κ3) is 5.60. The first kappa shape index (κ1) is 25.0. The van der Waals surface area contributed by atoms with Gasteiger partial charge >= 0.3 is 0 Å². The summed E-state index contributed by atoms with van der Waals surface area (Å²) in [4.78, 5) is 26.9. The van der Waals surface area contributed by atoms with Crippen molar-refractivity contribution in [1.29, 1.82) is 0 Å². The van der Waals surface area contributed by atoms with E-state index < -0.39 is 0 Å². The molecule has 4 heterocycles. The Labute approximate surface area is 224 Å². The van der Waals surface area contributed by atoms with E-state index >= 15 is 0 Å². The number of nitrogens with zero attached hydrogens (tertiary/aromatic N) is 5. The van der Waals surface area contributed by atoms with Crippen LogP contribution in [-0.4, -0.2) is 65.1 Å². The lowest BCUT2D eigenvalue weighted by atomic mass is 9.78. The lowest BCUT2D eigenvalue weighted by Gasteiger charge is -2.37. The van der Waals surface area contributed by atoms with Crippen molar-refractivity contribution in [3.8, 4) is 17.1 Å². The van der Waals surface area contributed by atoms with E-state index in [-0.39, 0.29) is 5.78 Å². The fourth-order valence-electron chi connectivity index (χ4n) is 6.22. The van der Waals surface area contributed by atoms with Gasteiger partial charge in [0.05, 0.1) is 6.61 Å². The van der Waals surface area contributed by atoms with Crippen LogP contribution >= 0.6 is 0 Å². The van der Waals surface area contributed by atoms with Gasteiger partial charge in [0.15, 0.2) is 17.4 Å². The number of aromatic nitrogens is 3. The summed E-state index contributed by atoms with van der Waals surface area (Å²) < 4.78 is 11.0. The van der Waals surface area contributed by atoms with E-state index in [1.54, 1.807) is 6.92 Å². The Hall–Kier alpha value is -3.26. The number of piperazine rings is 1. The minimum Gasteiger partial charge on any atom is -0.489 e. The number of hydrogen-bond acceptors (Lipinski definition) is 8. The molecule has 0 radical (unpaired) electrons. The quantitative estimate of drug-likeness (QED) is 0.389. The molecule has 0 atom stereocenters. The van der Waals surface area contributed by atoms with Crippen LogP contribution in [0.15, 0.2) is 41.1 Å². The molecule has 1 saturated heterocycles. The third-order valence-electron chi connectivity index (χ3n) is 8.52. The van der Waals surface area contributed by atoms with Crippen molar-refractivity contribution in [2.24, 2.45) is 11.8 Å². The average molecular weight is 516 g/mol. The number of aryl methyl sites for hydroxylation is 1. The molecule has 3 aliphatic rings. The van der Waals surface area contributed by atoms with Crippen LogP contribution in [0.3, 0.4) is 0 Å². The van der Waals surface area contributed by atoms with E-state index in [2.05, 4.69) is 31.0 Å². The summed E-state index contributed by atoms with van der Waals surface area (Å²) in [5, 5.41) is 3.98. The van der Waals surface area contributed by atoms with Crippen LogP contribution in [0.1, 0.15) is 60.3 Å². The van der Waals surface area contributed by atoms with Gasteiger partial charge in [-0.2, -0.15) is 4.98 Å². The number of hydrogen-bond donors (Lipinski definition) is 0. The van der Waals surface area contributed by atoms with Crippen LogP contribution in [0.2, 0.25) is 0 Å². The van der Waals surface area contributed by atoms with Crippen LogP contribution in [-0.2, 0) is 6.42 Å². The van der Waals surface area contributed by atoms with Gasteiger partial charge in [-0.25, -0.2) is 4.98 Å². The van der Waals surface area contributed by atoms with Crippen LogP contribution in [0.5, 0.6) is 5.75 Å². The highest BCUT2D eigenvalue weighted by Gasteiger charge is 2.27. The lowest BCUT2D eigenvalue weighted by molar-refractivity contribution is 0.0940. The number of fused-ring (bicyclic) bond motifs is 1. The monoisotopic (exact) mass is 515 g/mol. The topological polar surface area (TPSA) is 84.6 Å². The van der Waals surface area contributed by atoms with Crippen molar-refractivity contribution < 1.29 is 14.1 Å². The van der Waals surface area contributed by atoms with Crippen molar-refractivity contribution in [2.45, 2.75) is 51.9 Å². The van der Waals surface area contributed by atoms with Gasteiger partial charge in [0.1, 0.15) is 0 Å². The predicted molar refractivity (Wildman–Crippen MR) is 146 cm³/mol. The average Bonchev–Trinajstić information content (AvgIpc) is 3.62. The van der Waals surface area contributed by atoms with Crippen LogP contribution in [0.4, 0.5) is 5.82 Å². The number of ketones is 1. The van der Waals surface area contributed by atoms with E-state index in [4.69, 9.17) is 9.26 Å². The Balaban J connectivity index is 0.927. The molecule has 2 fully saturated rings. The summed E-state index contributed by atoms with van der Waals surface area (Å²) >= 11 is 0. The number of benzene rings is 1. The number of anilines is 1. The maximum absolute atomic E-state index is 13.0. The number of Topliss-reactive ketones (excluding diaryl/α,β-unsaturated/α-hetero) is 1. The van der Waals surface area contributed by atoms with E-state index in [9.17, 15) is 4.79 Å².